The van der Waals surface area contributed by atoms with Gasteiger partial charge in [-0.25, -0.2) is 4.39 Å². The van der Waals surface area contributed by atoms with Gasteiger partial charge in [0.15, 0.2) is 0 Å². The Morgan fingerprint density at radius 3 is 2.60 bits per heavy atom. The molecule has 1 saturated heterocycles. The molecular weight excluding hydrogens is 321 g/mol. The lowest BCUT2D eigenvalue weighted by Gasteiger charge is -2.39. The van der Waals surface area contributed by atoms with Crippen LogP contribution in [0.4, 0.5) is 4.39 Å². The molecule has 0 aromatic heterocycles. The highest BCUT2D eigenvalue weighted by molar-refractivity contribution is 5.94. The van der Waals surface area contributed by atoms with Gasteiger partial charge in [-0.3, -0.25) is 4.79 Å². The summed E-state index contributed by atoms with van der Waals surface area (Å²) in [6.45, 7) is 1.49. The van der Waals surface area contributed by atoms with Crippen molar-refractivity contribution in [1.29, 1.82) is 0 Å². The summed E-state index contributed by atoms with van der Waals surface area (Å²) in [5, 5.41) is 0. The Hall–Kier alpha value is -2.40. The molecule has 1 spiro atoms. The summed E-state index contributed by atoms with van der Waals surface area (Å²) in [6.07, 6.45) is 1.20. The van der Waals surface area contributed by atoms with E-state index in [2.05, 4.69) is 0 Å². The predicted molar refractivity (Wildman–Crippen MR) is 91.0 cm³/mol. The maximum absolute atomic E-state index is 14.6. The monoisotopic (exact) mass is 341 g/mol. The molecule has 0 bridgehead atoms. The number of hydrogen-bond acceptors (Lipinski definition) is 3. The van der Waals surface area contributed by atoms with Gasteiger partial charge in [0.1, 0.15) is 17.2 Å². The first-order chi connectivity index (χ1) is 12.1. The minimum Gasteiger partial charge on any atom is -0.497 e. The number of benzene rings is 2. The molecule has 2 heterocycles. The lowest BCUT2D eigenvalue weighted by atomic mass is 9.83. The third kappa shape index (κ3) is 2.68. The van der Waals surface area contributed by atoms with Gasteiger partial charge < -0.3 is 14.4 Å². The lowest BCUT2D eigenvalue weighted by Crippen LogP contribution is -2.45. The Kier molecular flexibility index (Phi) is 3.96. The van der Waals surface area contributed by atoms with Crippen molar-refractivity contribution in [3.05, 3.63) is 65.0 Å². The Morgan fingerprint density at radius 1 is 1.20 bits per heavy atom. The number of likely N-dealkylation sites (tertiary alicyclic amines) is 1. The van der Waals surface area contributed by atoms with Crippen LogP contribution >= 0.6 is 0 Å². The molecule has 0 unspecified atom stereocenters. The van der Waals surface area contributed by atoms with E-state index >= 15 is 0 Å². The minimum absolute atomic E-state index is 0.0175. The smallest absolute Gasteiger partial charge is 0.253 e. The van der Waals surface area contributed by atoms with E-state index in [-0.39, 0.29) is 11.7 Å². The van der Waals surface area contributed by atoms with Crippen molar-refractivity contribution < 1.29 is 18.7 Å². The van der Waals surface area contributed by atoms with Gasteiger partial charge in [0.05, 0.1) is 13.7 Å². The van der Waals surface area contributed by atoms with Crippen LogP contribution in [0.15, 0.2) is 42.5 Å². The van der Waals surface area contributed by atoms with Crippen molar-refractivity contribution in [2.24, 2.45) is 0 Å². The zero-order valence-corrected chi connectivity index (χ0v) is 14.1. The first-order valence-corrected chi connectivity index (χ1v) is 8.48. The van der Waals surface area contributed by atoms with Gasteiger partial charge in [-0.05, 0) is 36.6 Å². The number of nitrogens with zero attached hydrogens (tertiary/aromatic N) is 1. The number of piperidine rings is 1. The molecule has 130 valence electrons. The Bertz CT molecular complexity index is 798. The molecule has 2 aromatic carbocycles. The number of rotatable bonds is 2. The Balaban J connectivity index is 1.55. The van der Waals surface area contributed by atoms with Gasteiger partial charge >= 0.3 is 0 Å². The van der Waals surface area contributed by atoms with Crippen LogP contribution in [0, 0.1) is 5.82 Å². The minimum atomic E-state index is -0.626. The standard InChI is InChI=1S/C20H20FNO3/c1-24-16-11-15-13-25-20(18(15)17(21)12-16)7-9-22(10-8-20)19(23)14-5-3-2-4-6-14/h2-6,11-12H,7-10,13H2,1H3. The molecule has 0 atom stereocenters. The van der Waals surface area contributed by atoms with Gasteiger partial charge in [0.2, 0.25) is 0 Å². The second-order valence-electron chi connectivity index (χ2n) is 6.58. The summed E-state index contributed by atoms with van der Waals surface area (Å²) in [6, 6.07) is 12.5. The molecule has 0 N–H and O–H groups in total. The Labute approximate surface area is 146 Å². The van der Waals surface area contributed by atoms with E-state index in [0.29, 0.717) is 49.4 Å². The number of methoxy groups -OCH3 is 1. The van der Waals surface area contributed by atoms with Gasteiger partial charge in [-0.1, -0.05) is 18.2 Å². The average Bonchev–Trinajstić information content (AvgIpc) is 3.01. The van der Waals surface area contributed by atoms with Crippen LogP contribution in [0.3, 0.4) is 0 Å². The summed E-state index contributed by atoms with van der Waals surface area (Å²) in [7, 11) is 1.53. The van der Waals surface area contributed by atoms with Gasteiger partial charge in [0.25, 0.3) is 5.91 Å². The number of carbonyl (C=O) groups excluding carboxylic acids is 1. The van der Waals surface area contributed by atoms with Crippen LogP contribution in [0.2, 0.25) is 0 Å². The number of fused-ring (bicyclic) bond motifs is 2. The number of carbonyl (C=O) groups is 1. The molecule has 5 heteroatoms. The highest BCUT2D eigenvalue weighted by Crippen LogP contribution is 2.46. The van der Waals surface area contributed by atoms with Crippen molar-refractivity contribution in [3.63, 3.8) is 0 Å². The van der Waals surface area contributed by atoms with Crippen molar-refractivity contribution in [2.75, 3.05) is 20.2 Å². The lowest BCUT2D eigenvalue weighted by molar-refractivity contribution is -0.0756. The molecule has 0 saturated carbocycles. The van der Waals surface area contributed by atoms with Gasteiger partial charge in [-0.2, -0.15) is 0 Å². The van der Waals surface area contributed by atoms with Crippen LogP contribution < -0.4 is 4.74 Å². The molecule has 1 fully saturated rings. The van der Waals surface area contributed by atoms with Gasteiger partial charge in [-0.15, -0.1) is 0 Å². The summed E-state index contributed by atoms with van der Waals surface area (Å²) in [5.74, 6) is 0.243. The van der Waals surface area contributed by atoms with E-state index in [0.717, 1.165) is 5.56 Å². The SMILES string of the molecule is COc1cc(F)c2c(c1)COC21CCN(C(=O)c2ccccc2)CC1. The van der Waals surface area contributed by atoms with Crippen LogP contribution in [-0.4, -0.2) is 31.0 Å². The molecule has 0 radical (unpaired) electrons. The van der Waals surface area contributed by atoms with Crippen molar-refractivity contribution >= 4 is 5.91 Å². The zero-order chi connectivity index (χ0) is 17.4. The fourth-order valence-electron chi connectivity index (χ4n) is 3.89. The third-order valence-corrected chi connectivity index (χ3v) is 5.22. The predicted octanol–water partition coefficient (Wildman–Crippen LogP) is 3.50. The van der Waals surface area contributed by atoms with Gasteiger partial charge in [0, 0.05) is 30.3 Å². The van der Waals surface area contributed by atoms with E-state index in [1.54, 1.807) is 0 Å². The summed E-state index contributed by atoms with van der Waals surface area (Å²) in [5.41, 5.74) is 1.54. The van der Waals surface area contributed by atoms with Crippen molar-refractivity contribution in [2.45, 2.75) is 25.0 Å². The molecule has 2 aromatic rings. The molecule has 4 nitrogen and oxygen atoms in total. The maximum atomic E-state index is 14.6. The molecule has 2 aliphatic rings. The molecule has 4 rings (SSSR count). The second-order valence-corrected chi connectivity index (χ2v) is 6.58. The largest absolute Gasteiger partial charge is 0.497 e. The van der Waals surface area contributed by atoms with Crippen LogP contribution in [0.1, 0.15) is 34.3 Å². The van der Waals surface area contributed by atoms with E-state index in [1.165, 1.54) is 13.2 Å². The van der Waals surface area contributed by atoms with Crippen LogP contribution in [0.25, 0.3) is 0 Å². The second kappa shape index (κ2) is 6.15. The highest BCUT2D eigenvalue weighted by Gasteiger charge is 2.45. The molecule has 1 amide bonds. The van der Waals surface area contributed by atoms with E-state index in [1.807, 2.05) is 41.3 Å². The van der Waals surface area contributed by atoms with E-state index < -0.39 is 5.60 Å². The summed E-state index contributed by atoms with van der Waals surface area (Å²) >= 11 is 0. The zero-order valence-electron chi connectivity index (χ0n) is 14.1. The number of hydrogen-bond donors (Lipinski definition) is 0. The molecule has 0 aliphatic carbocycles. The number of halogens is 1. The van der Waals surface area contributed by atoms with Crippen LogP contribution in [-0.2, 0) is 16.9 Å². The molecule has 2 aliphatic heterocycles. The van der Waals surface area contributed by atoms with E-state index in [4.69, 9.17) is 9.47 Å². The molecule has 25 heavy (non-hydrogen) atoms. The third-order valence-electron chi connectivity index (χ3n) is 5.22. The number of ether oxygens (including phenoxy) is 2. The number of amides is 1. The Morgan fingerprint density at radius 2 is 1.92 bits per heavy atom. The van der Waals surface area contributed by atoms with Crippen molar-refractivity contribution in [1.82, 2.24) is 4.90 Å². The first kappa shape index (κ1) is 16.1. The van der Waals surface area contributed by atoms with Crippen LogP contribution in [0.5, 0.6) is 5.75 Å². The average molecular weight is 341 g/mol. The summed E-state index contributed by atoms with van der Waals surface area (Å²) < 4.78 is 25.8. The maximum Gasteiger partial charge on any atom is 0.253 e. The first-order valence-electron chi connectivity index (χ1n) is 8.48. The highest BCUT2D eigenvalue weighted by atomic mass is 19.1. The normalized spacial score (nSPS) is 18.2. The fourth-order valence-corrected chi connectivity index (χ4v) is 3.89. The summed E-state index contributed by atoms with van der Waals surface area (Å²) in [4.78, 5) is 14.4. The fraction of sp³-hybridized carbons (Fsp3) is 0.350. The van der Waals surface area contributed by atoms with E-state index in [9.17, 15) is 9.18 Å². The topological polar surface area (TPSA) is 38.8 Å². The molecular formula is C20H20FNO3. The van der Waals surface area contributed by atoms with Crippen molar-refractivity contribution in [3.8, 4) is 5.75 Å². The quantitative estimate of drug-likeness (QED) is 0.839.